The van der Waals surface area contributed by atoms with E-state index < -0.39 is 0 Å². The molecule has 0 unspecified atom stereocenters. The van der Waals surface area contributed by atoms with Crippen LogP contribution in [0.2, 0.25) is 0 Å². The smallest absolute Gasteiger partial charge is 0.191 e. The highest BCUT2D eigenvalue weighted by Crippen LogP contribution is 2.25. The lowest BCUT2D eigenvalue weighted by Gasteiger charge is -2.01. The van der Waals surface area contributed by atoms with Gasteiger partial charge in [-0.25, -0.2) is 0 Å². The molecule has 0 fully saturated rings. The number of rotatable bonds is 4. The molecule has 0 aliphatic carbocycles. The fraction of sp³-hybridized carbons (Fsp3) is 0.273. The number of hydrogen-bond acceptors (Lipinski definition) is 4. The van der Waals surface area contributed by atoms with Gasteiger partial charge in [-0.1, -0.05) is 29.4 Å². The highest BCUT2D eigenvalue weighted by Gasteiger charge is 2.14. The Morgan fingerprint density at radius 3 is 3.00 bits per heavy atom. The molecule has 0 saturated carbocycles. The molecule has 0 aliphatic heterocycles. The molecule has 0 radical (unpaired) electrons. The Hall–Kier alpha value is -1.20. The largest absolute Gasteiger partial charge is 0.469 e. The molecule has 0 aliphatic rings. The van der Waals surface area contributed by atoms with Crippen LogP contribution in [0.1, 0.15) is 5.76 Å². The van der Waals surface area contributed by atoms with E-state index in [1.807, 2.05) is 30.7 Å². The van der Waals surface area contributed by atoms with E-state index in [0.717, 1.165) is 28.1 Å². The summed E-state index contributed by atoms with van der Waals surface area (Å²) >= 11 is 7.05. The normalized spacial score (nSPS) is 11.5. The van der Waals surface area contributed by atoms with Crippen LogP contribution in [0.25, 0.3) is 11.4 Å². The number of furan rings is 1. The van der Waals surface area contributed by atoms with E-state index in [1.165, 1.54) is 5.54 Å². The number of thioether (sulfide) groups is 1. The summed E-state index contributed by atoms with van der Waals surface area (Å²) in [6.07, 6.45) is 3.52. The van der Waals surface area contributed by atoms with Gasteiger partial charge in [0.15, 0.2) is 11.0 Å². The molecule has 0 atom stereocenters. The quantitative estimate of drug-likeness (QED) is 0.800. The minimum Gasteiger partial charge on any atom is -0.469 e. The molecule has 0 aromatic carbocycles. The summed E-state index contributed by atoms with van der Waals surface area (Å²) in [5, 5.41) is 9.17. The summed E-state index contributed by atoms with van der Waals surface area (Å²) in [5.74, 6) is 2.44. The topological polar surface area (TPSA) is 43.9 Å². The Kier molecular flexibility index (Phi) is 3.91. The zero-order valence-corrected chi connectivity index (χ0v) is 11.1. The van der Waals surface area contributed by atoms with Crippen LogP contribution in [0.3, 0.4) is 0 Å². The third-order valence-electron chi connectivity index (χ3n) is 2.33. The van der Waals surface area contributed by atoms with Crippen molar-refractivity contribution in [3.63, 3.8) is 0 Å². The van der Waals surface area contributed by atoms with Crippen LogP contribution >= 0.6 is 23.4 Å². The molecule has 2 rings (SSSR count). The van der Waals surface area contributed by atoms with Crippen molar-refractivity contribution in [1.82, 2.24) is 14.8 Å². The third-order valence-corrected chi connectivity index (χ3v) is 3.48. The van der Waals surface area contributed by atoms with Gasteiger partial charge in [-0.2, -0.15) is 0 Å². The predicted molar refractivity (Wildman–Crippen MR) is 69.2 cm³/mol. The van der Waals surface area contributed by atoms with E-state index >= 15 is 0 Å². The molecule has 0 spiro atoms. The Morgan fingerprint density at radius 2 is 2.35 bits per heavy atom. The van der Waals surface area contributed by atoms with E-state index in [-0.39, 0.29) is 0 Å². The van der Waals surface area contributed by atoms with Crippen molar-refractivity contribution in [2.75, 3.05) is 5.75 Å². The van der Waals surface area contributed by atoms with Gasteiger partial charge in [-0.3, -0.25) is 0 Å². The highest BCUT2D eigenvalue weighted by atomic mass is 35.5. The second-order valence-electron chi connectivity index (χ2n) is 3.43. The van der Waals surface area contributed by atoms with E-state index in [1.54, 1.807) is 18.0 Å². The summed E-state index contributed by atoms with van der Waals surface area (Å²) in [5.41, 5.74) is 2.48. The van der Waals surface area contributed by atoms with Crippen LogP contribution in [0.5, 0.6) is 0 Å². The molecule has 0 bridgehead atoms. The monoisotopic (exact) mass is 269 g/mol. The molecule has 90 valence electrons. The fourth-order valence-electron chi connectivity index (χ4n) is 1.45. The standard InChI is InChI=1S/C11H12ClN3OS/c1-8-9(4-6-16-8)10-13-14-11(15(10)2)17-7-3-5-12/h3-6H,7H2,1-2H3. The molecule has 2 aromatic heterocycles. The van der Waals surface area contributed by atoms with E-state index in [2.05, 4.69) is 10.2 Å². The first-order chi connectivity index (χ1) is 8.24. The number of hydrogen-bond donors (Lipinski definition) is 0. The van der Waals surface area contributed by atoms with Crippen LogP contribution in [0.15, 0.2) is 33.5 Å². The van der Waals surface area contributed by atoms with Gasteiger partial charge in [0.1, 0.15) is 5.76 Å². The van der Waals surface area contributed by atoms with Gasteiger partial charge in [0.2, 0.25) is 0 Å². The van der Waals surface area contributed by atoms with Crippen LogP contribution in [-0.2, 0) is 7.05 Å². The first-order valence-corrected chi connectivity index (χ1v) is 6.48. The van der Waals surface area contributed by atoms with E-state index in [4.69, 9.17) is 16.0 Å². The van der Waals surface area contributed by atoms with Gasteiger partial charge >= 0.3 is 0 Å². The van der Waals surface area contributed by atoms with Gasteiger partial charge in [-0.15, -0.1) is 10.2 Å². The SMILES string of the molecule is Cc1occc1-c1nnc(SCC=CCl)n1C. The summed E-state index contributed by atoms with van der Waals surface area (Å²) in [4.78, 5) is 0. The lowest BCUT2D eigenvalue weighted by Crippen LogP contribution is -1.94. The van der Waals surface area contributed by atoms with Crippen molar-refractivity contribution in [2.24, 2.45) is 7.05 Å². The van der Waals surface area contributed by atoms with Crippen LogP contribution in [0, 0.1) is 6.92 Å². The molecule has 0 amide bonds. The molecule has 0 N–H and O–H groups in total. The number of aromatic nitrogens is 3. The highest BCUT2D eigenvalue weighted by molar-refractivity contribution is 7.99. The Bertz CT molecular complexity index is 533. The first kappa shape index (κ1) is 12.3. The van der Waals surface area contributed by atoms with Gasteiger partial charge < -0.3 is 8.98 Å². The molecule has 6 heteroatoms. The van der Waals surface area contributed by atoms with Crippen LogP contribution in [0.4, 0.5) is 0 Å². The Labute approximate surface area is 109 Å². The third kappa shape index (κ3) is 2.56. The van der Waals surface area contributed by atoms with Crippen LogP contribution < -0.4 is 0 Å². The zero-order valence-electron chi connectivity index (χ0n) is 9.55. The Balaban J connectivity index is 2.24. The van der Waals surface area contributed by atoms with Crippen molar-refractivity contribution in [3.05, 3.63) is 29.7 Å². The van der Waals surface area contributed by atoms with E-state index in [0.29, 0.717) is 0 Å². The molecular weight excluding hydrogens is 258 g/mol. The Morgan fingerprint density at radius 1 is 1.53 bits per heavy atom. The summed E-state index contributed by atoms with van der Waals surface area (Å²) in [6, 6.07) is 1.90. The van der Waals surface area contributed by atoms with Crippen molar-refractivity contribution in [1.29, 1.82) is 0 Å². The second kappa shape index (κ2) is 5.42. The predicted octanol–water partition coefficient (Wildman–Crippen LogP) is 3.23. The minimum absolute atomic E-state index is 0.778. The maximum absolute atomic E-state index is 5.47. The minimum atomic E-state index is 0.778. The maximum Gasteiger partial charge on any atom is 0.191 e. The van der Waals surface area contributed by atoms with Gasteiger partial charge in [0.05, 0.1) is 11.8 Å². The van der Waals surface area contributed by atoms with Gasteiger partial charge in [0.25, 0.3) is 0 Å². The van der Waals surface area contributed by atoms with Crippen molar-refractivity contribution in [2.45, 2.75) is 12.1 Å². The van der Waals surface area contributed by atoms with Crippen molar-refractivity contribution < 1.29 is 4.42 Å². The average Bonchev–Trinajstić information content (AvgIpc) is 2.87. The first-order valence-electron chi connectivity index (χ1n) is 5.06. The van der Waals surface area contributed by atoms with Crippen LogP contribution in [-0.4, -0.2) is 20.5 Å². The zero-order chi connectivity index (χ0) is 12.3. The van der Waals surface area contributed by atoms with Gasteiger partial charge in [0, 0.05) is 18.3 Å². The summed E-state index contributed by atoms with van der Waals surface area (Å²) in [6.45, 7) is 1.91. The molecule has 0 saturated heterocycles. The second-order valence-corrected chi connectivity index (χ2v) is 4.67. The maximum atomic E-state index is 5.47. The van der Waals surface area contributed by atoms with Crippen molar-refractivity contribution in [3.8, 4) is 11.4 Å². The van der Waals surface area contributed by atoms with Gasteiger partial charge in [-0.05, 0) is 13.0 Å². The van der Waals surface area contributed by atoms with E-state index in [9.17, 15) is 0 Å². The fourth-order valence-corrected chi connectivity index (χ4v) is 2.37. The number of nitrogens with zero attached hydrogens (tertiary/aromatic N) is 3. The molecular formula is C11H12ClN3OS. The number of halogens is 1. The lowest BCUT2D eigenvalue weighted by atomic mass is 10.2. The average molecular weight is 270 g/mol. The lowest BCUT2D eigenvalue weighted by molar-refractivity contribution is 0.534. The number of aryl methyl sites for hydroxylation is 1. The molecule has 2 heterocycles. The molecule has 2 aromatic rings. The summed E-state index contributed by atoms with van der Waals surface area (Å²) in [7, 11) is 1.94. The summed E-state index contributed by atoms with van der Waals surface area (Å²) < 4.78 is 7.21. The molecule has 17 heavy (non-hydrogen) atoms. The molecule has 4 nitrogen and oxygen atoms in total. The van der Waals surface area contributed by atoms with Crippen molar-refractivity contribution >= 4 is 23.4 Å².